The molecule has 0 atom stereocenters. The third-order valence-corrected chi connectivity index (χ3v) is 9.03. The number of benzene rings is 3. The van der Waals surface area contributed by atoms with E-state index in [1.54, 1.807) is 0 Å². The first-order chi connectivity index (χ1) is 11.3. The molecular formula is C21H21OZr. The normalized spacial score (nSPS) is 10.3. The van der Waals surface area contributed by atoms with E-state index in [1.807, 2.05) is 0 Å². The SMILES string of the molecule is Cc1ccccc1[O][Zr]([CH2]c1ccccc1)[CH2]c1ccccc1. The number of hydrogen-bond donors (Lipinski definition) is 0. The molecule has 0 heterocycles. The summed E-state index contributed by atoms with van der Waals surface area (Å²) in [5, 5.41) is 0. The van der Waals surface area contributed by atoms with Crippen LogP contribution in [0.25, 0.3) is 0 Å². The Balaban J connectivity index is 1.79. The van der Waals surface area contributed by atoms with Gasteiger partial charge in [0.25, 0.3) is 0 Å². The number of rotatable bonds is 6. The van der Waals surface area contributed by atoms with Crippen molar-refractivity contribution in [3.05, 3.63) is 102 Å². The molecule has 0 aliphatic rings. The predicted molar refractivity (Wildman–Crippen MR) is 92.1 cm³/mol. The molecule has 1 nitrogen and oxygen atoms in total. The summed E-state index contributed by atoms with van der Waals surface area (Å²) in [5.41, 5.74) is 4.02. The molecule has 0 aliphatic carbocycles. The minimum atomic E-state index is -2.09. The summed E-state index contributed by atoms with van der Waals surface area (Å²) in [6.07, 6.45) is 0. The summed E-state index contributed by atoms with van der Waals surface area (Å²) >= 11 is -2.09. The number of aryl methyl sites for hydroxylation is 1. The van der Waals surface area contributed by atoms with Crippen LogP contribution in [0.1, 0.15) is 16.7 Å². The second-order valence-corrected chi connectivity index (χ2v) is 10.6. The van der Waals surface area contributed by atoms with Gasteiger partial charge in [-0.3, -0.25) is 0 Å². The fourth-order valence-corrected chi connectivity index (χ4v) is 7.99. The van der Waals surface area contributed by atoms with Gasteiger partial charge < -0.3 is 0 Å². The van der Waals surface area contributed by atoms with Crippen molar-refractivity contribution in [2.45, 2.75) is 15.2 Å². The molecule has 0 aliphatic heterocycles. The van der Waals surface area contributed by atoms with Crippen molar-refractivity contribution in [2.24, 2.45) is 0 Å². The van der Waals surface area contributed by atoms with Crippen molar-refractivity contribution >= 4 is 0 Å². The van der Waals surface area contributed by atoms with Crippen LogP contribution in [0.5, 0.6) is 5.75 Å². The van der Waals surface area contributed by atoms with Crippen molar-refractivity contribution in [1.82, 2.24) is 0 Å². The molecule has 0 N–H and O–H groups in total. The van der Waals surface area contributed by atoms with Crippen LogP contribution < -0.4 is 2.81 Å². The summed E-state index contributed by atoms with van der Waals surface area (Å²) in [7, 11) is 0. The molecule has 0 unspecified atom stereocenters. The molecule has 3 aromatic carbocycles. The van der Waals surface area contributed by atoms with E-state index in [0.29, 0.717) is 0 Å². The van der Waals surface area contributed by atoms with Crippen LogP contribution in [-0.2, 0) is 30.4 Å². The molecule has 115 valence electrons. The van der Waals surface area contributed by atoms with Crippen LogP contribution in [0.3, 0.4) is 0 Å². The van der Waals surface area contributed by atoms with E-state index in [-0.39, 0.29) is 0 Å². The van der Waals surface area contributed by atoms with Crippen LogP contribution in [0.15, 0.2) is 84.9 Å². The monoisotopic (exact) mass is 379 g/mol. The summed E-state index contributed by atoms with van der Waals surface area (Å²) in [4.78, 5) is 0. The molecular weight excluding hydrogens is 359 g/mol. The summed E-state index contributed by atoms with van der Waals surface area (Å²) < 4.78 is 8.76. The fraction of sp³-hybridized carbons (Fsp3) is 0.143. The molecule has 0 saturated carbocycles. The third kappa shape index (κ3) is 4.91. The first-order valence-electron chi connectivity index (χ1n) is 7.97. The zero-order valence-electron chi connectivity index (χ0n) is 13.4. The van der Waals surface area contributed by atoms with Crippen LogP contribution in [-0.4, -0.2) is 0 Å². The molecule has 0 radical (unpaired) electrons. The first kappa shape index (κ1) is 16.2. The minimum absolute atomic E-state index is 1.06. The van der Waals surface area contributed by atoms with Crippen molar-refractivity contribution in [3.8, 4) is 5.75 Å². The molecule has 23 heavy (non-hydrogen) atoms. The number of para-hydroxylation sites is 1. The summed E-state index contributed by atoms with van der Waals surface area (Å²) in [6, 6.07) is 29.8. The molecule has 0 bridgehead atoms. The second kappa shape index (κ2) is 8.27. The molecule has 0 spiro atoms. The van der Waals surface area contributed by atoms with Gasteiger partial charge in [0.1, 0.15) is 0 Å². The van der Waals surface area contributed by atoms with Gasteiger partial charge in [-0.25, -0.2) is 0 Å². The quantitative estimate of drug-likeness (QED) is 0.563. The van der Waals surface area contributed by atoms with Crippen LogP contribution in [0, 0.1) is 6.92 Å². The average molecular weight is 381 g/mol. The maximum atomic E-state index is 6.55. The van der Waals surface area contributed by atoms with Crippen LogP contribution >= 0.6 is 0 Å². The van der Waals surface area contributed by atoms with Crippen molar-refractivity contribution in [2.75, 3.05) is 0 Å². The average Bonchev–Trinajstić information content (AvgIpc) is 2.59. The van der Waals surface area contributed by atoms with E-state index in [2.05, 4.69) is 91.9 Å². The van der Waals surface area contributed by atoms with E-state index in [9.17, 15) is 0 Å². The Morgan fingerprint density at radius 2 is 1.13 bits per heavy atom. The maximum absolute atomic E-state index is 6.55. The Labute approximate surface area is 147 Å². The molecule has 2 heteroatoms. The van der Waals surface area contributed by atoms with Crippen molar-refractivity contribution in [1.29, 1.82) is 0 Å². The summed E-state index contributed by atoms with van der Waals surface area (Å²) in [5.74, 6) is 1.06. The predicted octanol–water partition coefficient (Wildman–Crippen LogP) is 5.31. The van der Waals surface area contributed by atoms with E-state index in [1.165, 1.54) is 16.7 Å². The van der Waals surface area contributed by atoms with Gasteiger partial charge in [-0.1, -0.05) is 0 Å². The zero-order chi connectivity index (χ0) is 15.9. The van der Waals surface area contributed by atoms with Gasteiger partial charge in [-0.05, 0) is 0 Å². The zero-order valence-corrected chi connectivity index (χ0v) is 15.9. The topological polar surface area (TPSA) is 9.23 Å². The van der Waals surface area contributed by atoms with E-state index >= 15 is 0 Å². The molecule has 0 fully saturated rings. The van der Waals surface area contributed by atoms with Crippen LogP contribution in [0.4, 0.5) is 0 Å². The van der Waals surface area contributed by atoms with Crippen molar-refractivity contribution in [3.63, 3.8) is 0 Å². The van der Waals surface area contributed by atoms with Gasteiger partial charge in [0.15, 0.2) is 0 Å². The Bertz CT molecular complexity index is 684. The van der Waals surface area contributed by atoms with Gasteiger partial charge in [0.05, 0.1) is 0 Å². The van der Waals surface area contributed by atoms with Gasteiger partial charge >= 0.3 is 148 Å². The Morgan fingerprint density at radius 3 is 1.65 bits per heavy atom. The first-order valence-corrected chi connectivity index (χ1v) is 12.5. The molecule has 3 aromatic rings. The van der Waals surface area contributed by atoms with Gasteiger partial charge in [-0.2, -0.15) is 0 Å². The van der Waals surface area contributed by atoms with E-state index in [4.69, 9.17) is 2.81 Å². The number of hydrogen-bond acceptors (Lipinski definition) is 1. The second-order valence-electron chi connectivity index (χ2n) is 5.73. The summed E-state index contributed by atoms with van der Waals surface area (Å²) in [6.45, 7) is 2.13. The van der Waals surface area contributed by atoms with Gasteiger partial charge in [-0.15, -0.1) is 0 Å². The van der Waals surface area contributed by atoms with Gasteiger partial charge in [0.2, 0.25) is 0 Å². The van der Waals surface area contributed by atoms with E-state index in [0.717, 1.165) is 14.0 Å². The Morgan fingerprint density at radius 1 is 0.652 bits per heavy atom. The van der Waals surface area contributed by atoms with Crippen LogP contribution in [0.2, 0.25) is 0 Å². The Hall–Kier alpha value is -1.66. The molecule has 0 saturated heterocycles. The van der Waals surface area contributed by atoms with Gasteiger partial charge in [0, 0.05) is 0 Å². The molecule has 0 aromatic heterocycles. The van der Waals surface area contributed by atoms with Crippen molar-refractivity contribution < 1.29 is 25.0 Å². The molecule has 0 amide bonds. The third-order valence-electron chi connectivity index (χ3n) is 3.84. The Kier molecular flexibility index (Phi) is 5.83. The fourth-order valence-electron chi connectivity index (χ4n) is 2.61. The molecule has 3 rings (SSSR count). The van der Waals surface area contributed by atoms with E-state index < -0.39 is 22.2 Å². The standard InChI is InChI=1S/C7H8O.2C7H7.Zr/c1-6-4-2-3-5-7(6)8;2*1-7-5-3-2-4-6-7;/h2-5,8H,1H3;2*2-6H,1H2;/q;;;+1/p-1.